The van der Waals surface area contributed by atoms with E-state index in [9.17, 15) is 19.2 Å². The first kappa shape index (κ1) is 30.0. The van der Waals surface area contributed by atoms with E-state index in [1.54, 1.807) is 18.2 Å². The number of carboxylic acid groups (broad SMARTS) is 1. The van der Waals surface area contributed by atoms with E-state index in [0.29, 0.717) is 12.0 Å². The molecule has 0 radical (unpaired) electrons. The van der Waals surface area contributed by atoms with E-state index in [1.165, 1.54) is 0 Å². The average Bonchev–Trinajstić information content (AvgIpc) is 2.96. The highest BCUT2D eigenvalue weighted by Gasteiger charge is 2.27. The summed E-state index contributed by atoms with van der Waals surface area (Å²) in [6.07, 6.45) is -0.144. The summed E-state index contributed by atoms with van der Waals surface area (Å²) in [6.45, 7) is 0. The molecule has 42 heavy (non-hydrogen) atoms. The molecule has 8 nitrogen and oxygen atoms in total. The summed E-state index contributed by atoms with van der Waals surface area (Å²) in [6, 6.07) is 29.5. The summed E-state index contributed by atoms with van der Waals surface area (Å²) in [4.78, 5) is 49.5. The molecule has 0 aliphatic heterocycles. The van der Waals surface area contributed by atoms with Crippen LogP contribution in [0.3, 0.4) is 0 Å². The van der Waals surface area contributed by atoms with E-state index in [4.69, 9.17) is 15.6 Å². The zero-order valence-electron chi connectivity index (χ0n) is 23.2. The molecule has 4 N–H and O–H groups in total. The maximum atomic E-state index is 13.4. The van der Waals surface area contributed by atoms with Gasteiger partial charge in [-0.15, -0.1) is 0 Å². The van der Waals surface area contributed by atoms with Crippen LogP contribution in [0.1, 0.15) is 52.7 Å². The second-order valence-electron chi connectivity index (χ2n) is 10.3. The molecule has 4 aromatic rings. The van der Waals surface area contributed by atoms with Gasteiger partial charge in [0.2, 0.25) is 5.91 Å². The Bertz CT molecular complexity index is 1550. The van der Waals surface area contributed by atoms with Gasteiger partial charge in [-0.1, -0.05) is 84.9 Å². The lowest BCUT2D eigenvalue weighted by atomic mass is 10.0. The molecule has 0 aromatic heterocycles. The predicted octanol–water partition coefficient (Wildman–Crippen LogP) is 4.81. The van der Waals surface area contributed by atoms with Gasteiger partial charge in [0.05, 0.1) is 6.42 Å². The number of carbonyl (C=O) groups is 4. The van der Waals surface area contributed by atoms with Crippen molar-refractivity contribution in [2.75, 3.05) is 0 Å². The van der Waals surface area contributed by atoms with E-state index in [-0.39, 0.29) is 32.1 Å². The normalized spacial score (nSPS) is 12.3. The van der Waals surface area contributed by atoms with E-state index in [2.05, 4.69) is 5.32 Å². The third-order valence-electron chi connectivity index (χ3n) is 6.90. The summed E-state index contributed by atoms with van der Waals surface area (Å²) in [5.41, 5.74) is 8.71. The van der Waals surface area contributed by atoms with E-state index < -0.39 is 35.9 Å². The van der Waals surface area contributed by atoms with Crippen LogP contribution in [0.5, 0.6) is 0 Å². The molecule has 0 unspecified atom stereocenters. The second-order valence-corrected chi connectivity index (χ2v) is 10.3. The van der Waals surface area contributed by atoms with Crippen LogP contribution in [-0.2, 0) is 32.0 Å². The number of rotatable bonds is 14. The molecule has 0 aliphatic carbocycles. The van der Waals surface area contributed by atoms with Gasteiger partial charge in [-0.2, -0.15) is 0 Å². The van der Waals surface area contributed by atoms with E-state index >= 15 is 0 Å². The van der Waals surface area contributed by atoms with Crippen molar-refractivity contribution < 1.29 is 29.0 Å². The minimum Gasteiger partial charge on any atom is -0.481 e. The smallest absolute Gasteiger partial charge is 0.328 e. The first-order valence-corrected chi connectivity index (χ1v) is 13.9. The van der Waals surface area contributed by atoms with Gasteiger partial charge >= 0.3 is 11.9 Å². The molecule has 0 fully saturated rings. The molecule has 8 heteroatoms. The fourth-order valence-corrected chi connectivity index (χ4v) is 4.86. The van der Waals surface area contributed by atoms with Gasteiger partial charge in [-0.3, -0.25) is 14.4 Å². The minimum absolute atomic E-state index is 0.0554. The Hall–Kier alpha value is -4.98. The van der Waals surface area contributed by atoms with E-state index in [0.717, 1.165) is 27.5 Å². The SMILES string of the molecule is NC(=O)C[C@H](Cc1ccc2ccccc2c1)OC(=O)[C@H](CCCC(=O)O)NC(=O)c1cccc(Cc2ccccc2)c1. The van der Waals surface area contributed by atoms with Gasteiger partial charge in [0.25, 0.3) is 5.91 Å². The largest absolute Gasteiger partial charge is 0.481 e. The van der Waals surface area contributed by atoms with Crippen LogP contribution in [0.2, 0.25) is 0 Å². The van der Waals surface area contributed by atoms with E-state index in [1.807, 2.05) is 78.9 Å². The lowest BCUT2D eigenvalue weighted by Gasteiger charge is -2.22. The van der Waals surface area contributed by atoms with Crippen molar-refractivity contribution in [1.82, 2.24) is 5.32 Å². The highest BCUT2D eigenvalue weighted by molar-refractivity contribution is 5.97. The number of amides is 2. The van der Waals surface area contributed by atoms with Gasteiger partial charge in [0, 0.05) is 18.4 Å². The lowest BCUT2D eigenvalue weighted by Crippen LogP contribution is -2.43. The minimum atomic E-state index is -1.11. The summed E-state index contributed by atoms with van der Waals surface area (Å²) < 4.78 is 5.73. The number of carbonyl (C=O) groups excluding carboxylic acids is 3. The molecule has 216 valence electrons. The molecular weight excluding hydrogens is 532 g/mol. The molecule has 2 amide bonds. The number of aliphatic carboxylic acids is 1. The van der Waals surface area contributed by atoms with Crippen molar-refractivity contribution >= 4 is 34.5 Å². The van der Waals surface area contributed by atoms with Gasteiger partial charge in [-0.05, 0) is 58.9 Å². The van der Waals surface area contributed by atoms with Crippen molar-refractivity contribution in [3.8, 4) is 0 Å². The molecule has 0 heterocycles. The fourth-order valence-electron chi connectivity index (χ4n) is 4.86. The summed E-state index contributed by atoms with van der Waals surface area (Å²) >= 11 is 0. The molecule has 2 atom stereocenters. The van der Waals surface area contributed by atoms with Gasteiger partial charge < -0.3 is 20.9 Å². The first-order chi connectivity index (χ1) is 20.3. The molecule has 0 bridgehead atoms. The van der Waals surface area contributed by atoms with Crippen LogP contribution in [0.25, 0.3) is 10.8 Å². The van der Waals surface area contributed by atoms with Crippen LogP contribution in [0, 0.1) is 0 Å². The molecule has 4 aromatic carbocycles. The molecule has 0 spiro atoms. The number of hydrogen-bond donors (Lipinski definition) is 3. The average molecular weight is 567 g/mol. The van der Waals surface area contributed by atoms with Crippen molar-refractivity contribution in [3.63, 3.8) is 0 Å². The topological polar surface area (TPSA) is 136 Å². The van der Waals surface area contributed by atoms with Crippen LogP contribution in [0.15, 0.2) is 97.1 Å². The van der Waals surface area contributed by atoms with Crippen molar-refractivity contribution in [2.24, 2.45) is 5.73 Å². The number of nitrogens with one attached hydrogen (secondary N) is 1. The zero-order chi connectivity index (χ0) is 29.9. The number of fused-ring (bicyclic) bond motifs is 1. The standard InChI is InChI=1S/C34H34N2O6/c35-31(37)22-29(21-25-16-17-26-11-4-5-12-27(26)19-25)42-34(41)30(14-7-15-32(38)39)36-33(40)28-13-6-10-24(20-28)18-23-8-2-1-3-9-23/h1-6,8-13,16-17,19-20,29-30H,7,14-15,18,21-22H2,(H2,35,37)(H,36,40)(H,38,39)/t29-,30-/m0/s1. The Morgan fingerprint density at radius 2 is 1.50 bits per heavy atom. The maximum Gasteiger partial charge on any atom is 0.328 e. The Morgan fingerprint density at radius 1 is 0.786 bits per heavy atom. The van der Waals surface area contributed by atoms with Gasteiger partial charge in [0.15, 0.2) is 0 Å². The maximum absolute atomic E-state index is 13.4. The van der Waals surface area contributed by atoms with Crippen LogP contribution in [0.4, 0.5) is 0 Å². The number of nitrogens with two attached hydrogens (primary N) is 1. The molecule has 4 rings (SSSR count). The number of esters is 1. The van der Waals surface area contributed by atoms with Gasteiger partial charge in [-0.25, -0.2) is 4.79 Å². The number of hydrogen-bond acceptors (Lipinski definition) is 5. The summed E-state index contributed by atoms with van der Waals surface area (Å²) in [5, 5.41) is 13.9. The zero-order valence-corrected chi connectivity index (χ0v) is 23.2. The summed E-state index contributed by atoms with van der Waals surface area (Å²) in [5.74, 6) is -2.87. The Morgan fingerprint density at radius 3 is 2.24 bits per heavy atom. The van der Waals surface area contributed by atoms with Gasteiger partial charge in [0.1, 0.15) is 12.1 Å². The second kappa shape index (κ2) is 14.6. The Kier molecular flexibility index (Phi) is 10.4. The Balaban J connectivity index is 1.48. The third kappa shape index (κ3) is 9.02. The van der Waals surface area contributed by atoms with Crippen molar-refractivity contribution in [2.45, 2.75) is 50.7 Å². The lowest BCUT2D eigenvalue weighted by molar-refractivity contribution is -0.153. The monoisotopic (exact) mass is 566 g/mol. The number of benzene rings is 4. The highest BCUT2D eigenvalue weighted by atomic mass is 16.5. The fraction of sp³-hybridized carbons (Fsp3) is 0.235. The van der Waals surface area contributed by atoms with Crippen LogP contribution in [-0.4, -0.2) is 41.0 Å². The number of ether oxygens (including phenoxy) is 1. The Labute approximate surface area is 244 Å². The molecule has 0 saturated carbocycles. The molecular formula is C34H34N2O6. The molecule has 0 saturated heterocycles. The quantitative estimate of drug-likeness (QED) is 0.187. The number of carboxylic acids is 1. The third-order valence-corrected chi connectivity index (χ3v) is 6.90. The first-order valence-electron chi connectivity index (χ1n) is 13.9. The van der Waals surface area contributed by atoms with Crippen molar-refractivity contribution in [3.05, 3.63) is 119 Å². The van der Waals surface area contributed by atoms with Crippen LogP contribution < -0.4 is 11.1 Å². The molecule has 0 aliphatic rings. The predicted molar refractivity (Wildman–Crippen MR) is 160 cm³/mol. The summed E-state index contributed by atoms with van der Waals surface area (Å²) in [7, 11) is 0. The highest BCUT2D eigenvalue weighted by Crippen LogP contribution is 2.19. The van der Waals surface area contributed by atoms with Crippen molar-refractivity contribution in [1.29, 1.82) is 0 Å². The number of primary amides is 1. The van der Waals surface area contributed by atoms with Crippen LogP contribution >= 0.6 is 0 Å².